The summed E-state index contributed by atoms with van der Waals surface area (Å²) in [6.45, 7) is -2.25. The molecular weight excluding hydrogens is 523 g/mol. The maximum absolute atomic E-state index is 14.4. The first kappa shape index (κ1) is 27.2. The van der Waals surface area contributed by atoms with Crippen LogP contribution < -0.4 is 15.4 Å². The highest BCUT2D eigenvalue weighted by atomic mass is 19.3. The van der Waals surface area contributed by atoms with Gasteiger partial charge < -0.3 is 20.3 Å². The van der Waals surface area contributed by atoms with E-state index in [1.165, 1.54) is 0 Å². The van der Waals surface area contributed by atoms with Crippen LogP contribution in [0.25, 0.3) is 0 Å². The Morgan fingerprint density at radius 3 is 2.00 bits per heavy atom. The summed E-state index contributed by atoms with van der Waals surface area (Å²) in [5.41, 5.74) is 1.03. The van der Waals surface area contributed by atoms with Crippen LogP contribution >= 0.6 is 0 Å². The van der Waals surface area contributed by atoms with Crippen molar-refractivity contribution in [2.75, 3.05) is 23.7 Å². The fourth-order valence-corrected chi connectivity index (χ4v) is 4.98. The second-order valence-corrected chi connectivity index (χ2v) is 10.1. The quantitative estimate of drug-likeness (QED) is 0.346. The molecule has 0 unspecified atom stereocenters. The lowest BCUT2D eigenvalue weighted by Crippen LogP contribution is -2.38. The minimum absolute atomic E-state index is 0.173. The minimum Gasteiger partial charge on any atom is -0.435 e. The van der Waals surface area contributed by atoms with E-state index in [-0.39, 0.29) is 29.0 Å². The van der Waals surface area contributed by atoms with Crippen molar-refractivity contribution in [2.24, 2.45) is 5.41 Å². The predicted octanol–water partition coefficient (Wildman–Crippen LogP) is 5.80. The SMILES string of the molecule is O=C(c1ccc(OC(F)F)cc1F)N1CCC(c2ccc(NC(=O)C3(C(=O)Nc4ccccc4)CC3)cc2)CC1. The van der Waals surface area contributed by atoms with E-state index in [0.717, 1.165) is 23.8 Å². The van der Waals surface area contributed by atoms with Gasteiger partial charge in [-0.3, -0.25) is 14.4 Å². The number of alkyl halides is 2. The van der Waals surface area contributed by atoms with Crippen LogP contribution in [0.15, 0.2) is 72.8 Å². The van der Waals surface area contributed by atoms with Crippen molar-refractivity contribution in [1.29, 1.82) is 0 Å². The molecule has 1 aliphatic carbocycles. The van der Waals surface area contributed by atoms with Gasteiger partial charge >= 0.3 is 6.61 Å². The first-order chi connectivity index (χ1) is 19.2. The zero-order valence-corrected chi connectivity index (χ0v) is 21.5. The lowest BCUT2D eigenvalue weighted by Gasteiger charge is -2.32. The Hall–Kier alpha value is -4.34. The molecule has 0 radical (unpaired) electrons. The molecular formula is C30H28F3N3O4. The van der Waals surface area contributed by atoms with Crippen LogP contribution in [0.4, 0.5) is 24.5 Å². The van der Waals surface area contributed by atoms with Gasteiger partial charge in [-0.2, -0.15) is 8.78 Å². The number of rotatable bonds is 8. The zero-order chi connectivity index (χ0) is 28.3. The zero-order valence-electron chi connectivity index (χ0n) is 21.5. The normalized spacial score (nSPS) is 16.4. The van der Waals surface area contributed by atoms with Gasteiger partial charge in [0.05, 0.1) is 5.56 Å². The van der Waals surface area contributed by atoms with Crippen molar-refractivity contribution in [2.45, 2.75) is 38.2 Å². The van der Waals surface area contributed by atoms with Crippen molar-refractivity contribution in [3.05, 3.63) is 89.7 Å². The molecule has 208 valence electrons. The van der Waals surface area contributed by atoms with Gasteiger partial charge in [0, 0.05) is 30.5 Å². The molecule has 0 atom stereocenters. The van der Waals surface area contributed by atoms with Gasteiger partial charge in [-0.25, -0.2) is 4.39 Å². The van der Waals surface area contributed by atoms with E-state index in [2.05, 4.69) is 15.4 Å². The fraction of sp³-hybridized carbons (Fsp3) is 0.300. The molecule has 0 bridgehead atoms. The van der Waals surface area contributed by atoms with Crippen molar-refractivity contribution in [3.63, 3.8) is 0 Å². The third-order valence-electron chi connectivity index (χ3n) is 7.47. The number of nitrogens with zero attached hydrogens (tertiary/aromatic N) is 1. The molecule has 2 fully saturated rings. The summed E-state index contributed by atoms with van der Waals surface area (Å²) in [5.74, 6) is -2.22. The fourth-order valence-electron chi connectivity index (χ4n) is 4.98. The Morgan fingerprint density at radius 1 is 0.850 bits per heavy atom. The molecule has 3 aromatic rings. The summed E-state index contributed by atoms with van der Waals surface area (Å²) in [7, 11) is 0. The van der Waals surface area contributed by atoms with E-state index in [9.17, 15) is 27.6 Å². The van der Waals surface area contributed by atoms with E-state index in [1.54, 1.807) is 29.2 Å². The molecule has 1 aliphatic heterocycles. The maximum atomic E-state index is 14.4. The van der Waals surface area contributed by atoms with Gasteiger partial charge in [-0.05, 0) is 73.6 Å². The highest BCUT2D eigenvalue weighted by molar-refractivity contribution is 6.16. The molecule has 1 heterocycles. The molecule has 2 aliphatic rings. The first-order valence-electron chi connectivity index (χ1n) is 13.1. The predicted molar refractivity (Wildman–Crippen MR) is 143 cm³/mol. The van der Waals surface area contributed by atoms with Crippen LogP contribution in [0.1, 0.15) is 47.5 Å². The first-order valence-corrected chi connectivity index (χ1v) is 13.1. The molecule has 2 N–H and O–H groups in total. The number of benzene rings is 3. The van der Waals surface area contributed by atoms with Crippen LogP contribution in [0.2, 0.25) is 0 Å². The number of carbonyl (C=O) groups is 3. The average molecular weight is 552 g/mol. The Morgan fingerprint density at radius 2 is 1.45 bits per heavy atom. The lowest BCUT2D eigenvalue weighted by molar-refractivity contribution is -0.131. The molecule has 5 rings (SSSR count). The van der Waals surface area contributed by atoms with E-state index in [4.69, 9.17) is 0 Å². The Bertz CT molecular complexity index is 1390. The topological polar surface area (TPSA) is 87.7 Å². The van der Waals surface area contributed by atoms with E-state index in [0.29, 0.717) is 50.1 Å². The highest BCUT2D eigenvalue weighted by Gasteiger charge is 2.56. The van der Waals surface area contributed by atoms with Crippen LogP contribution in [0.5, 0.6) is 5.75 Å². The number of hydrogen-bond donors (Lipinski definition) is 2. The van der Waals surface area contributed by atoms with Gasteiger partial charge in [0.25, 0.3) is 5.91 Å². The van der Waals surface area contributed by atoms with Gasteiger partial charge in [-0.15, -0.1) is 0 Å². The van der Waals surface area contributed by atoms with Crippen LogP contribution in [-0.4, -0.2) is 42.3 Å². The lowest BCUT2D eigenvalue weighted by atomic mass is 9.89. The van der Waals surface area contributed by atoms with Crippen molar-refractivity contribution >= 4 is 29.1 Å². The summed E-state index contributed by atoms with van der Waals surface area (Å²) in [6.07, 6.45) is 2.30. The van der Waals surface area contributed by atoms with E-state index in [1.807, 2.05) is 30.3 Å². The smallest absolute Gasteiger partial charge is 0.387 e. The third-order valence-corrected chi connectivity index (χ3v) is 7.47. The number of piperidine rings is 1. The molecule has 7 nitrogen and oxygen atoms in total. The summed E-state index contributed by atoms with van der Waals surface area (Å²) in [5, 5.41) is 5.68. The third kappa shape index (κ3) is 5.95. The maximum Gasteiger partial charge on any atom is 0.387 e. The van der Waals surface area contributed by atoms with E-state index >= 15 is 0 Å². The molecule has 3 amide bonds. The summed E-state index contributed by atoms with van der Waals surface area (Å²) >= 11 is 0. The number of ether oxygens (including phenoxy) is 1. The largest absolute Gasteiger partial charge is 0.435 e. The highest BCUT2D eigenvalue weighted by Crippen LogP contribution is 2.47. The molecule has 1 saturated heterocycles. The molecule has 3 aromatic carbocycles. The van der Waals surface area contributed by atoms with Crippen molar-refractivity contribution in [1.82, 2.24) is 4.90 Å². The molecule has 40 heavy (non-hydrogen) atoms. The van der Waals surface area contributed by atoms with Crippen LogP contribution in [-0.2, 0) is 9.59 Å². The number of anilines is 2. The summed E-state index contributed by atoms with van der Waals surface area (Å²) in [4.78, 5) is 40.1. The number of hydrogen-bond acceptors (Lipinski definition) is 4. The average Bonchev–Trinajstić information content (AvgIpc) is 3.76. The molecule has 10 heteroatoms. The standard InChI is InChI=1S/C30H28F3N3O4/c31-25-18-23(40-29(32)33)10-11-24(25)26(37)36-16-12-20(13-17-36)19-6-8-22(9-7-19)35-28(39)30(14-15-30)27(38)34-21-4-2-1-3-5-21/h1-11,18,20,29H,12-17H2,(H,34,38)(H,35,39). The number of nitrogens with one attached hydrogen (secondary N) is 2. The molecule has 0 spiro atoms. The monoisotopic (exact) mass is 551 g/mol. The second-order valence-electron chi connectivity index (χ2n) is 10.1. The summed E-state index contributed by atoms with van der Waals surface area (Å²) < 4.78 is 43.3. The number of halogens is 3. The Balaban J connectivity index is 1.14. The van der Waals surface area contributed by atoms with E-state index < -0.39 is 23.8 Å². The molecule has 1 saturated carbocycles. The van der Waals surface area contributed by atoms with Crippen molar-refractivity contribution in [3.8, 4) is 5.75 Å². The van der Waals surface area contributed by atoms with Gasteiger partial charge in [0.2, 0.25) is 11.8 Å². The number of likely N-dealkylation sites (tertiary alicyclic amines) is 1. The second kappa shape index (κ2) is 11.4. The number of carbonyl (C=O) groups excluding carboxylic acids is 3. The Labute approximate surface area is 229 Å². The van der Waals surface area contributed by atoms with Crippen molar-refractivity contribution < 1.29 is 32.3 Å². The van der Waals surface area contributed by atoms with Crippen LogP contribution in [0, 0.1) is 11.2 Å². The van der Waals surface area contributed by atoms with Gasteiger partial charge in [0.15, 0.2) is 0 Å². The minimum atomic E-state index is -3.08. The van der Waals surface area contributed by atoms with Gasteiger partial charge in [0.1, 0.15) is 17.0 Å². The molecule has 0 aromatic heterocycles. The summed E-state index contributed by atoms with van der Waals surface area (Å²) in [6, 6.07) is 19.6. The number of amides is 3. The van der Waals surface area contributed by atoms with Crippen LogP contribution in [0.3, 0.4) is 0 Å². The Kier molecular flexibility index (Phi) is 7.77. The van der Waals surface area contributed by atoms with Gasteiger partial charge in [-0.1, -0.05) is 30.3 Å². The number of para-hydroxylation sites is 1.